The van der Waals surface area contributed by atoms with E-state index in [1.165, 1.54) is 6.92 Å². The Morgan fingerprint density at radius 3 is 2.53 bits per heavy atom. The van der Waals surface area contributed by atoms with Gasteiger partial charge in [0.25, 0.3) is 0 Å². The molecule has 0 aromatic carbocycles. The molecule has 6 heteroatoms. The summed E-state index contributed by atoms with van der Waals surface area (Å²) in [5.41, 5.74) is -1.06. The molecule has 0 saturated carbocycles. The number of halogens is 3. The lowest BCUT2D eigenvalue weighted by Gasteiger charge is -2.10. The number of carbonyl (C=O) groups is 1. The molecule has 0 fully saturated rings. The van der Waals surface area contributed by atoms with Crippen molar-refractivity contribution in [2.24, 2.45) is 0 Å². The van der Waals surface area contributed by atoms with Gasteiger partial charge in [0.05, 0.1) is 11.8 Å². The third-order valence-corrected chi connectivity index (χ3v) is 1.63. The minimum absolute atomic E-state index is 0.154. The van der Waals surface area contributed by atoms with E-state index in [1.54, 1.807) is 0 Å². The van der Waals surface area contributed by atoms with Gasteiger partial charge >= 0.3 is 12.1 Å². The number of carbonyl (C=O) groups excluding carboxylic acids is 1. The first kappa shape index (κ1) is 11.5. The highest BCUT2D eigenvalue weighted by molar-refractivity contribution is 5.69. The van der Waals surface area contributed by atoms with E-state index in [0.717, 1.165) is 19.2 Å². The molecule has 0 aliphatic heterocycles. The summed E-state index contributed by atoms with van der Waals surface area (Å²) in [6, 6.07) is 0.754. The van der Waals surface area contributed by atoms with Gasteiger partial charge in [0.1, 0.15) is 5.75 Å². The first-order chi connectivity index (χ1) is 6.80. The monoisotopic (exact) mass is 219 g/mol. The number of hydrogen-bond donors (Lipinski definition) is 0. The number of rotatable bonds is 1. The maximum absolute atomic E-state index is 12.4. The van der Waals surface area contributed by atoms with Crippen molar-refractivity contribution in [2.75, 3.05) is 0 Å². The molecule has 0 unspecified atom stereocenters. The fourth-order valence-corrected chi connectivity index (χ4v) is 1.02. The second kappa shape index (κ2) is 3.88. The molecule has 3 nitrogen and oxygen atoms in total. The van der Waals surface area contributed by atoms with Crippen LogP contribution in [-0.4, -0.2) is 11.0 Å². The van der Waals surface area contributed by atoms with Crippen molar-refractivity contribution in [3.05, 3.63) is 23.5 Å². The van der Waals surface area contributed by atoms with E-state index in [0.29, 0.717) is 0 Å². The van der Waals surface area contributed by atoms with Gasteiger partial charge in [0.15, 0.2) is 0 Å². The lowest BCUT2D eigenvalue weighted by Crippen LogP contribution is -2.10. The lowest BCUT2D eigenvalue weighted by molar-refractivity contribution is -0.139. The molecule has 0 atom stereocenters. The van der Waals surface area contributed by atoms with Crippen molar-refractivity contribution in [3.8, 4) is 5.75 Å². The molecule has 82 valence electrons. The zero-order chi connectivity index (χ0) is 11.6. The highest BCUT2D eigenvalue weighted by Crippen LogP contribution is 2.32. The average Bonchev–Trinajstić information content (AvgIpc) is 2.05. The van der Waals surface area contributed by atoms with Gasteiger partial charge in [0.2, 0.25) is 0 Å². The summed E-state index contributed by atoms with van der Waals surface area (Å²) >= 11 is 0. The average molecular weight is 219 g/mol. The zero-order valence-electron chi connectivity index (χ0n) is 8.05. The van der Waals surface area contributed by atoms with Crippen LogP contribution >= 0.6 is 0 Å². The number of aromatic nitrogens is 1. The van der Waals surface area contributed by atoms with E-state index < -0.39 is 17.7 Å². The number of ether oxygens (including phenoxy) is 1. The molecular weight excluding hydrogens is 211 g/mol. The Balaban J connectivity index is 3.11. The molecule has 1 aromatic heterocycles. The van der Waals surface area contributed by atoms with Crippen LogP contribution in [0.25, 0.3) is 0 Å². The molecule has 0 aliphatic rings. The standard InChI is InChI=1S/C9H8F3NO2/c1-5-8(9(10,11)12)3-7(4-13-5)15-6(2)14/h3-4H,1-2H3. The van der Waals surface area contributed by atoms with E-state index in [9.17, 15) is 18.0 Å². The summed E-state index contributed by atoms with van der Waals surface area (Å²) in [5, 5.41) is 0. The minimum atomic E-state index is -4.49. The third-order valence-electron chi connectivity index (χ3n) is 1.63. The maximum Gasteiger partial charge on any atom is 0.418 e. The number of esters is 1. The predicted molar refractivity (Wildman–Crippen MR) is 45.3 cm³/mol. The second-order valence-corrected chi connectivity index (χ2v) is 2.90. The van der Waals surface area contributed by atoms with Crippen LogP contribution < -0.4 is 4.74 Å². The van der Waals surface area contributed by atoms with Gasteiger partial charge in [-0.15, -0.1) is 0 Å². The topological polar surface area (TPSA) is 39.2 Å². The fourth-order valence-electron chi connectivity index (χ4n) is 1.02. The molecule has 1 heterocycles. The number of hydrogen-bond acceptors (Lipinski definition) is 3. The number of pyridine rings is 1. The summed E-state index contributed by atoms with van der Waals surface area (Å²) in [4.78, 5) is 14.0. The van der Waals surface area contributed by atoms with Crippen molar-refractivity contribution >= 4 is 5.97 Å². The summed E-state index contributed by atoms with van der Waals surface area (Å²) in [5.74, 6) is -0.894. The van der Waals surface area contributed by atoms with Crippen molar-refractivity contribution in [3.63, 3.8) is 0 Å². The number of aryl methyl sites for hydroxylation is 1. The van der Waals surface area contributed by atoms with Crippen molar-refractivity contribution in [1.29, 1.82) is 0 Å². The smallest absolute Gasteiger partial charge is 0.418 e. The van der Waals surface area contributed by atoms with Gasteiger partial charge in [-0.1, -0.05) is 0 Å². The maximum atomic E-state index is 12.4. The van der Waals surface area contributed by atoms with Crippen LogP contribution in [0.1, 0.15) is 18.2 Å². The Morgan fingerprint density at radius 2 is 2.07 bits per heavy atom. The van der Waals surface area contributed by atoms with Gasteiger partial charge in [-0.05, 0) is 13.0 Å². The Hall–Kier alpha value is -1.59. The predicted octanol–water partition coefficient (Wildman–Crippen LogP) is 2.33. The van der Waals surface area contributed by atoms with Crippen LogP contribution in [0, 0.1) is 6.92 Å². The first-order valence-corrected chi connectivity index (χ1v) is 4.03. The minimum Gasteiger partial charge on any atom is -0.425 e. The van der Waals surface area contributed by atoms with Crippen molar-refractivity contribution in [2.45, 2.75) is 20.0 Å². The van der Waals surface area contributed by atoms with Crippen LogP contribution in [0.4, 0.5) is 13.2 Å². The normalized spacial score (nSPS) is 11.3. The van der Waals surface area contributed by atoms with Crippen molar-refractivity contribution < 1.29 is 22.7 Å². The van der Waals surface area contributed by atoms with Gasteiger partial charge < -0.3 is 4.74 Å². The molecule has 0 aliphatic carbocycles. The summed E-state index contributed by atoms with van der Waals surface area (Å²) in [7, 11) is 0. The van der Waals surface area contributed by atoms with E-state index in [2.05, 4.69) is 9.72 Å². The SMILES string of the molecule is CC(=O)Oc1cnc(C)c(C(F)(F)F)c1. The largest absolute Gasteiger partial charge is 0.425 e. The highest BCUT2D eigenvalue weighted by atomic mass is 19.4. The molecule has 0 spiro atoms. The summed E-state index contributed by atoms with van der Waals surface area (Å²) in [6.07, 6.45) is -3.42. The van der Waals surface area contributed by atoms with E-state index >= 15 is 0 Å². The van der Waals surface area contributed by atoms with Crippen molar-refractivity contribution in [1.82, 2.24) is 4.98 Å². The number of nitrogens with zero attached hydrogens (tertiary/aromatic N) is 1. The van der Waals surface area contributed by atoms with Crippen LogP contribution in [-0.2, 0) is 11.0 Å². The lowest BCUT2D eigenvalue weighted by atomic mass is 10.2. The quantitative estimate of drug-likeness (QED) is 0.680. The molecule has 0 saturated heterocycles. The molecule has 0 N–H and O–H groups in total. The third kappa shape index (κ3) is 2.93. The highest BCUT2D eigenvalue weighted by Gasteiger charge is 2.33. The van der Waals surface area contributed by atoms with Crippen LogP contribution in [0.2, 0.25) is 0 Å². The van der Waals surface area contributed by atoms with Gasteiger partial charge in [-0.25, -0.2) is 0 Å². The summed E-state index contributed by atoms with van der Waals surface area (Å²) in [6.45, 7) is 2.34. The van der Waals surface area contributed by atoms with Gasteiger partial charge in [-0.2, -0.15) is 13.2 Å². The molecule has 1 rings (SSSR count). The zero-order valence-corrected chi connectivity index (χ0v) is 8.05. The number of alkyl halides is 3. The van der Waals surface area contributed by atoms with E-state index in [-0.39, 0.29) is 11.4 Å². The molecule has 0 bridgehead atoms. The van der Waals surface area contributed by atoms with Crippen LogP contribution in [0.3, 0.4) is 0 Å². The molecule has 0 amide bonds. The Bertz CT molecular complexity index is 387. The van der Waals surface area contributed by atoms with Gasteiger partial charge in [0, 0.05) is 12.6 Å². The molecule has 0 radical (unpaired) electrons. The van der Waals surface area contributed by atoms with Crippen LogP contribution in [0.15, 0.2) is 12.3 Å². The molecular formula is C9H8F3NO2. The second-order valence-electron chi connectivity index (χ2n) is 2.90. The van der Waals surface area contributed by atoms with E-state index in [4.69, 9.17) is 0 Å². The molecule has 15 heavy (non-hydrogen) atoms. The fraction of sp³-hybridized carbons (Fsp3) is 0.333. The summed E-state index contributed by atoms with van der Waals surface area (Å²) < 4.78 is 41.7. The Labute approximate surface area is 83.9 Å². The first-order valence-electron chi connectivity index (χ1n) is 4.03. The molecule has 1 aromatic rings. The van der Waals surface area contributed by atoms with Gasteiger partial charge in [-0.3, -0.25) is 9.78 Å². The Kier molecular flexibility index (Phi) is 2.97. The van der Waals surface area contributed by atoms with Crippen LogP contribution in [0.5, 0.6) is 5.75 Å². The van der Waals surface area contributed by atoms with E-state index in [1.807, 2.05) is 0 Å². The Morgan fingerprint density at radius 1 is 1.47 bits per heavy atom.